The molecule has 3 heterocycles. The van der Waals surface area contributed by atoms with Gasteiger partial charge in [0.2, 0.25) is 0 Å². The molecule has 148 valence electrons. The Hall–Kier alpha value is -2.89. The van der Waals surface area contributed by atoms with Crippen molar-refractivity contribution < 1.29 is 26.6 Å². The normalized spacial score (nSPS) is 14.2. The van der Waals surface area contributed by atoms with Crippen molar-refractivity contribution in [1.29, 1.82) is 0 Å². The van der Waals surface area contributed by atoms with Gasteiger partial charge in [-0.25, -0.2) is 18.3 Å². The maximum atomic E-state index is 13.3. The molecule has 0 N–H and O–H groups in total. The van der Waals surface area contributed by atoms with Crippen LogP contribution in [0, 0.1) is 5.82 Å². The molecule has 0 fully saturated rings. The number of nitrogens with zero attached hydrogens (tertiary/aromatic N) is 5. The fourth-order valence-electron chi connectivity index (χ4n) is 2.32. The molecule has 0 spiro atoms. The van der Waals surface area contributed by atoms with E-state index in [1.165, 1.54) is 43.1 Å². The summed E-state index contributed by atoms with van der Waals surface area (Å²) in [7, 11) is -3.74. The van der Waals surface area contributed by atoms with Crippen LogP contribution in [0.5, 0.6) is 0 Å². The summed E-state index contributed by atoms with van der Waals surface area (Å²) in [6.07, 6.45) is -0.373. The van der Waals surface area contributed by atoms with Gasteiger partial charge in [0.05, 0.1) is 32.7 Å². The van der Waals surface area contributed by atoms with Crippen LogP contribution in [0.3, 0.4) is 0 Å². The van der Waals surface area contributed by atoms with E-state index in [4.69, 9.17) is 0 Å². The molecule has 0 aliphatic heterocycles. The predicted octanol–water partition coefficient (Wildman–Crippen LogP) is 3.28. The Balaban J connectivity index is 2.13. The minimum Gasteiger partial charge on any atom is -0.261 e. The van der Waals surface area contributed by atoms with Crippen LogP contribution in [-0.2, 0) is 14.5 Å². The van der Waals surface area contributed by atoms with Crippen molar-refractivity contribution in [1.82, 2.24) is 19.7 Å². The highest BCUT2D eigenvalue weighted by molar-refractivity contribution is 7.94. The molecule has 0 saturated heterocycles. The molecule has 28 heavy (non-hydrogen) atoms. The van der Waals surface area contributed by atoms with Gasteiger partial charge in [-0.1, -0.05) is 0 Å². The quantitative estimate of drug-likeness (QED) is 0.613. The van der Waals surface area contributed by atoms with Crippen LogP contribution in [0.1, 0.15) is 13.8 Å². The fraction of sp³-hybridized carbons (Fsp3) is 0.250. The summed E-state index contributed by atoms with van der Waals surface area (Å²) in [6, 6.07) is 2.47. The third-order valence-corrected chi connectivity index (χ3v) is 6.34. The third kappa shape index (κ3) is 3.72. The van der Waals surface area contributed by atoms with Gasteiger partial charge in [-0.3, -0.25) is 9.78 Å². The zero-order valence-electron chi connectivity index (χ0n) is 14.5. The molecule has 0 aliphatic carbocycles. The van der Waals surface area contributed by atoms with E-state index in [1.54, 1.807) is 0 Å². The number of alkyl halides is 3. The van der Waals surface area contributed by atoms with Gasteiger partial charge in [-0.2, -0.15) is 13.2 Å². The Morgan fingerprint density at radius 1 is 1.21 bits per heavy atom. The second-order valence-electron chi connectivity index (χ2n) is 6.03. The van der Waals surface area contributed by atoms with E-state index in [0.717, 1.165) is 12.4 Å². The van der Waals surface area contributed by atoms with Gasteiger partial charge < -0.3 is 0 Å². The van der Waals surface area contributed by atoms with Crippen LogP contribution in [0.15, 0.2) is 46.2 Å². The van der Waals surface area contributed by atoms with Crippen molar-refractivity contribution in [3.8, 4) is 5.69 Å². The molecule has 7 nitrogen and oxygen atoms in total. The van der Waals surface area contributed by atoms with Crippen molar-refractivity contribution in [3.63, 3.8) is 0 Å². The molecular formula is C16H13F4N5O2S. The summed E-state index contributed by atoms with van der Waals surface area (Å²) >= 11 is 0. The first-order valence-corrected chi connectivity index (χ1v) is 9.42. The minimum atomic E-state index is -5.23. The van der Waals surface area contributed by atoms with Gasteiger partial charge in [-0.05, 0) is 19.9 Å². The number of carbonyl (C=O) groups excluding carboxylic acids is 1. The van der Waals surface area contributed by atoms with Gasteiger partial charge in [0, 0.05) is 29.1 Å². The Morgan fingerprint density at radius 3 is 2.54 bits per heavy atom. The molecule has 0 aliphatic rings. The summed E-state index contributed by atoms with van der Waals surface area (Å²) in [5.74, 6) is -3.01. The van der Waals surface area contributed by atoms with Crippen LogP contribution in [-0.4, -0.2) is 41.3 Å². The van der Waals surface area contributed by atoms with Crippen molar-refractivity contribution >= 4 is 26.7 Å². The van der Waals surface area contributed by atoms with Gasteiger partial charge in [-0.15, -0.1) is 9.46 Å². The highest BCUT2D eigenvalue weighted by Crippen LogP contribution is 2.26. The molecular weight excluding hydrogens is 402 g/mol. The Bertz CT molecular complexity index is 1180. The monoisotopic (exact) mass is 415 g/mol. The molecule has 0 bridgehead atoms. The Kier molecular flexibility index (Phi) is 4.91. The molecule has 1 unspecified atom stereocenters. The van der Waals surface area contributed by atoms with E-state index in [0.29, 0.717) is 11.1 Å². The number of carbonyl (C=O) groups is 1. The first-order chi connectivity index (χ1) is 13.0. The van der Waals surface area contributed by atoms with Gasteiger partial charge in [0.25, 0.3) is 0 Å². The minimum absolute atomic E-state index is 0.135. The second kappa shape index (κ2) is 6.93. The van der Waals surface area contributed by atoms with Gasteiger partial charge >= 0.3 is 12.1 Å². The molecule has 1 amide bonds. The number of hydrogen-bond acceptors (Lipinski definition) is 5. The summed E-state index contributed by atoms with van der Waals surface area (Å²) in [5.41, 5.74) is 0.474. The van der Waals surface area contributed by atoms with Crippen LogP contribution in [0.2, 0.25) is 0 Å². The van der Waals surface area contributed by atoms with E-state index in [2.05, 4.69) is 19.4 Å². The average molecular weight is 415 g/mol. The van der Waals surface area contributed by atoms with Crippen LogP contribution in [0.4, 0.5) is 17.6 Å². The lowest BCUT2D eigenvalue weighted by molar-refractivity contribution is -0.169. The molecule has 12 heteroatoms. The van der Waals surface area contributed by atoms with Crippen LogP contribution in [0.25, 0.3) is 16.7 Å². The number of fused-ring (bicyclic) bond motifs is 1. The maximum Gasteiger partial charge on any atom is 0.474 e. The lowest BCUT2D eigenvalue weighted by atomic mass is 10.3. The molecule has 3 rings (SSSR count). The van der Waals surface area contributed by atoms with Crippen molar-refractivity contribution in [2.45, 2.75) is 30.2 Å². The van der Waals surface area contributed by atoms with Crippen molar-refractivity contribution in [3.05, 3.63) is 42.7 Å². The van der Waals surface area contributed by atoms with E-state index in [9.17, 15) is 26.6 Å². The highest BCUT2D eigenvalue weighted by Gasteiger charge is 2.40. The molecule has 0 radical (unpaired) electrons. The van der Waals surface area contributed by atoms with Gasteiger partial charge in [0.15, 0.2) is 5.65 Å². The largest absolute Gasteiger partial charge is 0.474 e. The molecule has 3 aromatic rings. The first-order valence-electron chi connectivity index (χ1n) is 7.84. The molecule has 0 aromatic carbocycles. The summed E-state index contributed by atoms with van der Waals surface area (Å²) in [5, 5.41) is 3.56. The predicted molar refractivity (Wildman–Crippen MR) is 91.7 cm³/mol. The van der Waals surface area contributed by atoms with E-state index < -0.39 is 32.9 Å². The molecule has 0 saturated carbocycles. The number of hydrogen-bond donors (Lipinski definition) is 0. The topological polar surface area (TPSA) is 90.1 Å². The maximum absolute atomic E-state index is 13.3. The SMILES string of the molecule is CC(C)S(=O)(=NC(=O)C(F)(F)F)c1cnc2nn(-c3cncc(F)c3)cc2c1. The van der Waals surface area contributed by atoms with Gasteiger partial charge in [0.1, 0.15) is 5.82 Å². The smallest absolute Gasteiger partial charge is 0.261 e. The van der Waals surface area contributed by atoms with E-state index in [1.807, 2.05) is 0 Å². The number of aromatic nitrogens is 4. The van der Waals surface area contributed by atoms with E-state index in [-0.39, 0.29) is 10.5 Å². The summed E-state index contributed by atoms with van der Waals surface area (Å²) in [4.78, 5) is 18.9. The second-order valence-corrected chi connectivity index (χ2v) is 8.76. The molecule has 3 aromatic heterocycles. The average Bonchev–Trinajstić information content (AvgIpc) is 3.03. The standard InChI is InChI=1S/C16H13F4N5O2S/c1-9(2)28(27,24-15(26)16(18,19)20)13-3-10-8-25(23-14(10)22-7-13)12-4-11(17)5-21-6-12/h3-9H,1-2H3. The number of amides is 1. The van der Waals surface area contributed by atoms with Crippen molar-refractivity contribution in [2.24, 2.45) is 4.36 Å². The Morgan fingerprint density at radius 2 is 1.93 bits per heavy atom. The zero-order chi connectivity index (χ0) is 20.7. The number of pyridine rings is 2. The first kappa shape index (κ1) is 19.9. The lowest BCUT2D eigenvalue weighted by Gasteiger charge is -2.13. The number of rotatable bonds is 3. The van der Waals surface area contributed by atoms with Crippen LogP contribution >= 0.6 is 0 Å². The van der Waals surface area contributed by atoms with E-state index >= 15 is 0 Å². The fourth-order valence-corrected chi connectivity index (χ4v) is 4.03. The summed E-state index contributed by atoms with van der Waals surface area (Å²) < 4.78 is 68.5. The summed E-state index contributed by atoms with van der Waals surface area (Å²) in [6.45, 7) is 2.78. The zero-order valence-corrected chi connectivity index (χ0v) is 15.3. The Labute approximate surface area is 156 Å². The number of halogens is 4. The highest BCUT2D eigenvalue weighted by atomic mass is 32.2. The van der Waals surface area contributed by atoms with Crippen LogP contribution < -0.4 is 0 Å². The van der Waals surface area contributed by atoms with Crippen molar-refractivity contribution in [2.75, 3.05) is 0 Å². The lowest BCUT2D eigenvalue weighted by Crippen LogP contribution is -2.24. The third-order valence-electron chi connectivity index (χ3n) is 3.73. The molecule has 1 atom stereocenters.